The second-order valence-electron chi connectivity index (χ2n) is 12.9. The zero-order valence-corrected chi connectivity index (χ0v) is 25.9. The van der Waals surface area contributed by atoms with Crippen LogP contribution < -0.4 is 15.5 Å². The standard InChI is InChI=1S/C31H43N5O3S/c1-19-13-15-36(16-14-19)26-22(10-12-25(34-26)30(3,4)5)18-32-27(37)20(2)21-9-11-23-24(17-21)40-28(33-23)35-29(38)39-31(6,7)8/h9-12,17,19-20H,13-16,18H2,1-8H3,(H,32,37)(H,33,35,38). The molecule has 0 spiro atoms. The number of aromatic nitrogens is 2. The van der Waals surface area contributed by atoms with Gasteiger partial charge < -0.3 is 15.0 Å². The molecule has 1 atom stereocenters. The molecule has 0 aliphatic carbocycles. The van der Waals surface area contributed by atoms with Crippen LogP contribution in [0.4, 0.5) is 15.7 Å². The first kappa shape index (κ1) is 29.8. The summed E-state index contributed by atoms with van der Waals surface area (Å²) in [6.07, 6.45) is 1.77. The number of hydrogen-bond acceptors (Lipinski definition) is 7. The molecule has 1 aliphatic heterocycles. The third kappa shape index (κ3) is 7.50. The Balaban J connectivity index is 1.46. The summed E-state index contributed by atoms with van der Waals surface area (Å²) in [7, 11) is 0. The molecule has 1 fully saturated rings. The van der Waals surface area contributed by atoms with E-state index in [1.807, 2.05) is 45.9 Å². The lowest BCUT2D eigenvalue weighted by Crippen LogP contribution is -2.36. The average Bonchev–Trinajstić information content (AvgIpc) is 3.26. The summed E-state index contributed by atoms with van der Waals surface area (Å²) in [5.74, 6) is 1.32. The van der Waals surface area contributed by atoms with E-state index < -0.39 is 11.7 Å². The largest absolute Gasteiger partial charge is 0.444 e. The molecule has 216 valence electrons. The van der Waals surface area contributed by atoms with Gasteiger partial charge in [-0.05, 0) is 70.2 Å². The maximum Gasteiger partial charge on any atom is 0.413 e. The minimum atomic E-state index is -0.589. The fraction of sp³-hybridized carbons (Fsp3) is 0.548. The van der Waals surface area contributed by atoms with Gasteiger partial charge in [0.15, 0.2) is 5.13 Å². The summed E-state index contributed by atoms with van der Waals surface area (Å²) in [5, 5.41) is 6.32. The topological polar surface area (TPSA) is 96.5 Å². The van der Waals surface area contributed by atoms with Crippen molar-refractivity contribution in [2.24, 2.45) is 5.92 Å². The lowest BCUT2D eigenvalue weighted by atomic mass is 9.91. The van der Waals surface area contributed by atoms with Gasteiger partial charge in [-0.2, -0.15) is 0 Å². The van der Waals surface area contributed by atoms with Crippen molar-refractivity contribution in [3.05, 3.63) is 47.2 Å². The Bertz CT molecular complexity index is 1360. The predicted molar refractivity (Wildman–Crippen MR) is 163 cm³/mol. The first-order valence-corrected chi connectivity index (χ1v) is 14.9. The number of pyridine rings is 1. The Kier molecular flexibility index (Phi) is 8.73. The lowest BCUT2D eigenvalue weighted by Gasteiger charge is -2.33. The Morgan fingerprint density at radius 1 is 1.07 bits per heavy atom. The molecule has 3 aromatic rings. The van der Waals surface area contributed by atoms with Gasteiger partial charge in [0.1, 0.15) is 11.4 Å². The maximum atomic E-state index is 13.3. The molecule has 2 N–H and O–H groups in total. The number of fused-ring (bicyclic) bond motifs is 1. The summed E-state index contributed by atoms with van der Waals surface area (Å²) in [5.41, 5.74) is 3.11. The van der Waals surface area contributed by atoms with Gasteiger partial charge in [-0.1, -0.05) is 51.2 Å². The fourth-order valence-corrected chi connectivity index (χ4v) is 5.57. The van der Waals surface area contributed by atoms with Crippen molar-refractivity contribution in [1.82, 2.24) is 15.3 Å². The minimum absolute atomic E-state index is 0.0471. The van der Waals surface area contributed by atoms with Gasteiger partial charge in [0.2, 0.25) is 5.91 Å². The number of nitrogens with zero attached hydrogens (tertiary/aromatic N) is 3. The van der Waals surface area contributed by atoms with Crippen LogP contribution in [0.15, 0.2) is 30.3 Å². The van der Waals surface area contributed by atoms with E-state index in [0.717, 1.165) is 64.7 Å². The van der Waals surface area contributed by atoms with Gasteiger partial charge in [0.05, 0.1) is 16.1 Å². The smallest absolute Gasteiger partial charge is 0.413 e. The number of hydrogen-bond donors (Lipinski definition) is 2. The first-order valence-electron chi connectivity index (χ1n) is 14.1. The molecular weight excluding hydrogens is 522 g/mol. The van der Waals surface area contributed by atoms with Gasteiger partial charge in [-0.15, -0.1) is 0 Å². The van der Waals surface area contributed by atoms with E-state index in [9.17, 15) is 9.59 Å². The summed E-state index contributed by atoms with van der Waals surface area (Å²) in [6.45, 7) is 18.6. The number of anilines is 2. The van der Waals surface area contributed by atoms with Crippen LogP contribution in [-0.2, 0) is 21.5 Å². The van der Waals surface area contributed by atoms with Crippen molar-refractivity contribution in [3.8, 4) is 0 Å². The van der Waals surface area contributed by atoms with Crippen LogP contribution in [-0.4, -0.2) is 40.7 Å². The molecular formula is C31H43N5O3S. The van der Waals surface area contributed by atoms with E-state index >= 15 is 0 Å². The second kappa shape index (κ2) is 11.7. The summed E-state index contributed by atoms with van der Waals surface area (Å²) in [4.78, 5) is 37.3. The Morgan fingerprint density at radius 3 is 2.42 bits per heavy atom. The normalized spacial score (nSPS) is 15.7. The highest BCUT2D eigenvalue weighted by Gasteiger charge is 2.24. The monoisotopic (exact) mass is 565 g/mol. The van der Waals surface area contributed by atoms with Crippen LogP contribution in [0.1, 0.15) is 91.0 Å². The Hall–Kier alpha value is -3.20. The Labute approximate surface area is 241 Å². The number of thiazole rings is 1. The number of rotatable bonds is 6. The van der Waals surface area contributed by atoms with Crippen LogP contribution in [0.5, 0.6) is 0 Å². The lowest BCUT2D eigenvalue weighted by molar-refractivity contribution is -0.122. The SMILES string of the molecule is CC1CCN(c2nc(C(C)(C)C)ccc2CNC(=O)C(C)c2ccc3nc(NC(=O)OC(C)(C)C)sc3c2)CC1. The van der Waals surface area contributed by atoms with Gasteiger partial charge in [0.25, 0.3) is 0 Å². The average molecular weight is 566 g/mol. The van der Waals surface area contributed by atoms with Crippen molar-refractivity contribution in [2.75, 3.05) is 23.3 Å². The quantitative estimate of drug-likeness (QED) is 0.334. The number of nitrogens with one attached hydrogen (secondary N) is 2. The number of ether oxygens (including phenoxy) is 1. The highest BCUT2D eigenvalue weighted by molar-refractivity contribution is 7.22. The van der Waals surface area contributed by atoms with Crippen LogP contribution in [0.2, 0.25) is 0 Å². The third-order valence-electron chi connectivity index (χ3n) is 7.17. The van der Waals surface area contributed by atoms with Crippen molar-refractivity contribution in [1.29, 1.82) is 0 Å². The molecule has 4 rings (SSSR count). The molecule has 1 unspecified atom stereocenters. The van der Waals surface area contributed by atoms with Gasteiger partial charge in [-0.3, -0.25) is 10.1 Å². The van der Waals surface area contributed by atoms with Crippen LogP contribution in [0, 0.1) is 5.92 Å². The van der Waals surface area contributed by atoms with Crippen molar-refractivity contribution >= 4 is 44.5 Å². The first-order chi connectivity index (χ1) is 18.7. The Morgan fingerprint density at radius 2 is 1.77 bits per heavy atom. The zero-order valence-electron chi connectivity index (χ0n) is 25.1. The molecule has 3 heterocycles. The van der Waals surface area contributed by atoms with E-state index in [-0.39, 0.29) is 17.2 Å². The molecule has 1 saturated heterocycles. The molecule has 0 saturated carbocycles. The molecule has 2 amide bonds. The van der Waals surface area contributed by atoms with Crippen molar-refractivity contribution in [2.45, 2.75) is 91.7 Å². The van der Waals surface area contributed by atoms with E-state index in [0.29, 0.717) is 11.7 Å². The predicted octanol–water partition coefficient (Wildman–Crippen LogP) is 6.99. The van der Waals surface area contributed by atoms with Crippen LogP contribution in [0.3, 0.4) is 0 Å². The highest BCUT2D eigenvalue weighted by Crippen LogP contribution is 2.31. The fourth-order valence-electron chi connectivity index (χ4n) is 4.67. The number of carbonyl (C=O) groups is 2. The molecule has 9 heteroatoms. The number of amides is 2. The molecule has 0 bridgehead atoms. The van der Waals surface area contributed by atoms with Gasteiger partial charge >= 0.3 is 6.09 Å². The number of piperidine rings is 1. The third-order valence-corrected chi connectivity index (χ3v) is 8.11. The molecule has 2 aromatic heterocycles. The molecule has 1 aliphatic rings. The van der Waals surface area contributed by atoms with Gasteiger partial charge in [-0.25, -0.2) is 14.8 Å². The van der Waals surface area contributed by atoms with Crippen molar-refractivity contribution in [3.63, 3.8) is 0 Å². The van der Waals surface area contributed by atoms with E-state index in [1.165, 1.54) is 11.3 Å². The number of carbonyl (C=O) groups excluding carboxylic acids is 2. The summed E-state index contributed by atoms with van der Waals surface area (Å²) in [6, 6.07) is 9.98. The van der Waals surface area contributed by atoms with Gasteiger partial charge in [0, 0.05) is 36.3 Å². The highest BCUT2D eigenvalue weighted by atomic mass is 32.1. The zero-order chi connectivity index (χ0) is 29.2. The van der Waals surface area contributed by atoms with Crippen LogP contribution in [0.25, 0.3) is 10.2 Å². The molecule has 1 aromatic carbocycles. The molecule has 40 heavy (non-hydrogen) atoms. The van der Waals surface area contributed by atoms with Crippen molar-refractivity contribution < 1.29 is 14.3 Å². The molecule has 8 nitrogen and oxygen atoms in total. The summed E-state index contributed by atoms with van der Waals surface area (Å²) >= 11 is 1.36. The molecule has 0 radical (unpaired) electrons. The van der Waals surface area contributed by atoms with E-state index in [4.69, 9.17) is 9.72 Å². The minimum Gasteiger partial charge on any atom is -0.444 e. The number of benzene rings is 1. The second-order valence-corrected chi connectivity index (χ2v) is 13.9. The maximum absolute atomic E-state index is 13.3. The summed E-state index contributed by atoms with van der Waals surface area (Å²) < 4.78 is 6.22. The van der Waals surface area contributed by atoms with Crippen LogP contribution >= 0.6 is 11.3 Å². The van der Waals surface area contributed by atoms with E-state index in [1.54, 1.807) is 0 Å². The van der Waals surface area contributed by atoms with E-state index in [2.05, 4.69) is 60.3 Å².